The normalized spacial score (nSPS) is 11.8. The van der Waals surface area contributed by atoms with Crippen LogP contribution in [0.3, 0.4) is 0 Å². The largest absolute Gasteiger partial charge is 0.0900 e. The molecule has 0 heteroatoms. The van der Waals surface area contributed by atoms with Gasteiger partial charge in [-0.3, -0.25) is 0 Å². The third-order valence-corrected chi connectivity index (χ3v) is 3.33. The molecule has 0 saturated heterocycles. The lowest BCUT2D eigenvalue weighted by Crippen LogP contribution is -1.95. The van der Waals surface area contributed by atoms with Gasteiger partial charge in [0, 0.05) is 11.5 Å². The van der Waals surface area contributed by atoms with Gasteiger partial charge in [-0.1, -0.05) is 68.2 Å². The minimum atomic E-state index is 0.267. The predicted molar refractivity (Wildman–Crippen MR) is 86.7 cm³/mol. The van der Waals surface area contributed by atoms with Gasteiger partial charge in [-0.2, -0.15) is 0 Å². The van der Waals surface area contributed by atoms with Gasteiger partial charge in [0.25, 0.3) is 0 Å². The lowest BCUT2D eigenvalue weighted by Gasteiger charge is -2.08. The molecule has 2 aromatic carbocycles. The average Bonchev–Trinajstić information content (AvgIpc) is 2.46. The summed E-state index contributed by atoms with van der Waals surface area (Å²) in [6.07, 6.45) is 1.14. The molecule has 0 aliphatic rings. The Morgan fingerprint density at radius 3 is 2.10 bits per heavy atom. The molecule has 0 saturated carbocycles. The van der Waals surface area contributed by atoms with E-state index in [-0.39, 0.29) is 5.92 Å². The van der Waals surface area contributed by atoms with E-state index in [0.717, 1.165) is 12.0 Å². The van der Waals surface area contributed by atoms with Crippen molar-refractivity contribution in [3.05, 3.63) is 71.3 Å². The highest BCUT2D eigenvalue weighted by atomic mass is 14.1. The highest BCUT2D eigenvalue weighted by Gasteiger charge is 2.02. The highest BCUT2D eigenvalue weighted by Crippen LogP contribution is 2.17. The topological polar surface area (TPSA) is 0 Å². The maximum atomic E-state index is 3.33. The Morgan fingerprint density at radius 2 is 1.50 bits per heavy atom. The fraction of sp³-hybridized carbons (Fsp3) is 0.300. The Balaban J connectivity index is 2.06. The smallest absolute Gasteiger partial charge is 0.0427 e. The molecule has 0 fully saturated rings. The molecule has 20 heavy (non-hydrogen) atoms. The summed E-state index contributed by atoms with van der Waals surface area (Å²) in [5.74, 6) is 7.54. The molecular formula is C20H22. The summed E-state index contributed by atoms with van der Waals surface area (Å²) in [5, 5.41) is 0. The molecule has 0 radical (unpaired) electrons. The molecule has 102 valence electrons. The van der Waals surface area contributed by atoms with Crippen LogP contribution in [-0.4, -0.2) is 0 Å². The molecule has 0 bridgehead atoms. The molecule has 0 aromatic heterocycles. The first-order valence-corrected chi connectivity index (χ1v) is 7.30. The Labute approximate surface area is 122 Å². The van der Waals surface area contributed by atoms with E-state index in [1.165, 1.54) is 11.1 Å². The van der Waals surface area contributed by atoms with Gasteiger partial charge in [0.2, 0.25) is 0 Å². The molecule has 0 heterocycles. The summed E-state index contributed by atoms with van der Waals surface area (Å²) >= 11 is 0. The minimum Gasteiger partial charge on any atom is -0.0900 e. The van der Waals surface area contributed by atoms with Crippen LogP contribution >= 0.6 is 0 Å². The van der Waals surface area contributed by atoms with Crippen LogP contribution in [0.4, 0.5) is 0 Å². The van der Waals surface area contributed by atoms with Crippen molar-refractivity contribution in [2.24, 2.45) is 5.92 Å². The van der Waals surface area contributed by atoms with E-state index in [1.54, 1.807) is 0 Å². The molecule has 1 unspecified atom stereocenters. The zero-order valence-electron chi connectivity index (χ0n) is 12.6. The maximum Gasteiger partial charge on any atom is 0.0427 e. The van der Waals surface area contributed by atoms with Crippen LogP contribution in [-0.2, 0) is 6.42 Å². The van der Waals surface area contributed by atoms with Gasteiger partial charge in [-0.05, 0) is 42.5 Å². The van der Waals surface area contributed by atoms with Crippen molar-refractivity contribution in [2.75, 3.05) is 0 Å². The third-order valence-electron chi connectivity index (χ3n) is 3.33. The summed E-state index contributed by atoms with van der Waals surface area (Å²) in [4.78, 5) is 0. The van der Waals surface area contributed by atoms with Crippen LogP contribution in [0.15, 0.2) is 54.6 Å². The first kappa shape index (κ1) is 14.4. The van der Waals surface area contributed by atoms with Gasteiger partial charge >= 0.3 is 0 Å². The SMILES string of the molecule is CC(C)Cc1ccc(C(C)C#Cc2ccccc2)cc1. The number of benzene rings is 2. The second kappa shape index (κ2) is 6.96. The van der Waals surface area contributed by atoms with E-state index >= 15 is 0 Å². The summed E-state index contributed by atoms with van der Waals surface area (Å²) in [6.45, 7) is 6.66. The molecule has 1 atom stereocenters. The first-order valence-electron chi connectivity index (χ1n) is 7.30. The van der Waals surface area contributed by atoms with Crippen molar-refractivity contribution in [3.63, 3.8) is 0 Å². The second-order valence-electron chi connectivity index (χ2n) is 5.70. The van der Waals surface area contributed by atoms with Gasteiger partial charge < -0.3 is 0 Å². The van der Waals surface area contributed by atoms with E-state index in [0.29, 0.717) is 5.92 Å². The van der Waals surface area contributed by atoms with Crippen LogP contribution in [0.25, 0.3) is 0 Å². The molecule has 2 aromatic rings. The van der Waals surface area contributed by atoms with Crippen molar-refractivity contribution in [2.45, 2.75) is 33.1 Å². The van der Waals surface area contributed by atoms with Crippen LogP contribution in [0.1, 0.15) is 43.4 Å². The zero-order valence-corrected chi connectivity index (χ0v) is 12.6. The molecule has 0 spiro atoms. The lowest BCUT2D eigenvalue weighted by atomic mass is 9.97. The Morgan fingerprint density at radius 1 is 0.850 bits per heavy atom. The number of rotatable bonds is 3. The van der Waals surface area contributed by atoms with Crippen molar-refractivity contribution in [3.8, 4) is 11.8 Å². The Bertz CT molecular complexity index is 579. The van der Waals surface area contributed by atoms with E-state index < -0.39 is 0 Å². The maximum absolute atomic E-state index is 3.33. The van der Waals surface area contributed by atoms with Crippen molar-refractivity contribution in [1.29, 1.82) is 0 Å². The van der Waals surface area contributed by atoms with E-state index in [2.05, 4.69) is 56.9 Å². The van der Waals surface area contributed by atoms with Crippen molar-refractivity contribution < 1.29 is 0 Å². The summed E-state index contributed by atoms with van der Waals surface area (Å²) in [7, 11) is 0. The highest BCUT2D eigenvalue weighted by molar-refractivity contribution is 5.38. The monoisotopic (exact) mass is 262 g/mol. The van der Waals surface area contributed by atoms with Crippen LogP contribution < -0.4 is 0 Å². The van der Waals surface area contributed by atoms with Crippen molar-refractivity contribution in [1.82, 2.24) is 0 Å². The molecule has 0 N–H and O–H groups in total. The van der Waals surface area contributed by atoms with Gasteiger partial charge in [-0.15, -0.1) is 0 Å². The standard InChI is InChI=1S/C20H22/c1-16(2)15-19-11-13-20(14-12-19)17(3)9-10-18-7-5-4-6-8-18/h4-8,11-14,16-17H,15H2,1-3H3. The number of hydrogen-bond acceptors (Lipinski definition) is 0. The van der Waals surface area contributed by atoms with Gasteiger partial charge in [0.1, 0.15) is 0 Å². The van der Waals surface area contributed by atoms with Crippen LogP contribution in [0.2, 0.25) is 0 Å². The van der Waals surface area contributed by atoms with E-state index in [4.69, 9.17) is 0 Å². The third kappa shape index (κ3) is 4.28. The Hall–Kier alpha value is -2.00. The quantitative estimate of drug-likeness (QED) is 0.680. The average molecular weight is 262 g/mol. The molecule has 0 nitrogen and oxygen atoms in total. The summed E-state index contributed by atoms with van der Waals surface area (Å²) in [6, 6.07) is 19.0. The molecule has 0 amide bonds. The first-order chi connectivity index (χ1) is 9.65. The van der Waals surface area contributed by atoms with Crippen molar-refractivity contribution >= 4 is 0 Å². The fourth-order valence-electron chi connectivity index (χ4n) is 2.21. The van der Waals surface area contributed by atoms with Crippen LogP contribution in [0.5, 0.6) is 0 Å². The molecule has 2 rings (SSSR count). The van der Waals surface area contributed by atoms with Gasteiger partial charge in [-0.25, -0.2) is 0 Å². The van der Waals surface area contributed by atoms with E-state index in [1.807, 2.05) is 30.3 Å². The van der Waals surface area contributed by atoms with Gasteiger partial charge in [0.05, 0.1) is 0 Å². The summed E-state index contributed by atoms with van der Waals surface area (Å²) < 4.78 is 0. The summed E-state index contributed by atoms with van der Waals surface area (Å²) in [5.41, 5.74) is 3.78. The minimum absolute atomic E-state index is 0.267. The van der Waals surface area contributed by atoms with Crippen LogP contribution in [0, 0.1) is 17.8 Å². The lowest BCUT2D eigenvalue weighted by molar-refractivity contribution is 0.647. The van der Waals surface area contributed by atoms with Gasteiger partial charge in [0.15, 0.2) is 0 Å². The molecule has 0 aliphatic carbocycles. The zero-order chi connectivity index (χ0) is 14.4. The molecular weight excluding hydrogens is 240 g/mol. The molecule has 0 aliphatic heterocycles. The fourth-order valence-corrected chi connectivity index (χ4v) is 2.21. The number of hydrogen-bond donors (Lipinski definition) is 0. The second-order valence-corrected chi connectivity index (χ2v) is 5.70. The predicted octanol–water partition coefficient (Wildman–Crippen LogP) is 5.04. The Kier molecular flexibility index (Phi) is 5.02. The van der Waals surface area contributed by atoms with E-state index in [9.17, 15) is 0 Å².